The lowest BCUT2D eigenvalue weighted by atomic mass is 9.93. The molecular weight excluding hydrogens is 410 g/mol. The molecule has 0 aromatic heterocycles. The Hall–Kier alpha value is -2.66. The van der Waals surface area contributed by atoms with Crippen molar-refractivity contribution in [1.29, 1.82) is 0 Å². The Morgan fingerprint density at radius 3 is 2.42 bits per heavy atom. The van der Waals surface area contributed by atoms with Crippen LogP contribution in [0.1, 0.15) is 57.6 Å². The Bertz CT molecular complexity index is 981. The Morgan fingerprint density at radius 2 is 1.70 bits per heavy atom. The highest BCUT2D eigenvalue weighted by Crippen LogP contribution is 2.42. The number of para-hydroxylation sites is 1. The highest BCUT2D eigenvalue weighted by Gasteiger charge is 2.40. The van der Waals surface area contributed by atoms with Crippen molar-refractivity contribution >= 4 is 17.5 Å². The molecule has 0 saturated heterocycles. The molecule has 5 nitrogen and oxygen atoms in total. The van der Waals surface area contributed by atoms with Crippen molar-refractivity contribution in [2.45, 2.75) is 52.0 Å². The lowest BCUT2D eigenvalue weighted by Gasteiger charge is -2.34. The van der Waals surface area contributed by atoms with Crippen molar-refractivity contribution in [3.8, 4) is 11.1 Å². The van der Waals surface area contributed by atoms with Crippen LogP contribution in [0.5, 0.6) is 0 Å². The zero-order chi connectivity index (χ0) is 23.4. The Labute approximate surface area is 198 Å². The standard InChI is InChI=1S/C28H37N3O2/c1-20(2)16-17-29-18-19-31(27(32)21-10-4-5-11-21)26-24-14-7-6-12-22(24)23-13-8-9-15-25(23)30(3)28(26)33/h6-9,12-15,20-21,26,29H,4-5,10-11,16-19H2,1-3H3. The number of hydrogen-bond acceptors (Lipinski definition) is 3. The molecule has 1 aliphatic carbocycles. The lowest BCUT2D eigenvalue weighted by molar-refractivity contribution is -0.142. The summed E-state index contributed by atoms with van der Waals surface area (Å²) >= 11 is 0. The molecule has 1 saturated carbocycles. The number of nitrogens with one attached hydrogen (secondary N) is 1. The molecule has 1 atom stereocenters. The fourth-order valence-corrected chi connectivity index (χ4v) is 5.20. The van der Waals surface area contributed by atoms with Gasteiger partial charge in [0, 0.05) is 31.6 Å². The van der Waals surface area contributed by atoms with Crippen molar-refractivity contribution in [3.63, 3.8) is 0 Å². The van der Waals surface area contributed by atoms with Gasteiger partial charge in [-0.25, -0.2) is 0 Å². The first-order valence-corrected chi connectivity index (χ1v) is 12.5. The predicted octanol–water partition coefficient (Wildman–Crippen LogP) is 5.03. The molecule has 33 heavy (non-hydrogen) atoms. The average molecular weight is 448 g/mol. The van der Waals surface area contributed by atoms with Gasteiger partial charge >= 0.3 is 0 Å². The Kier molecular flexibility index (Phi) is 7.49. The lowest BCUT2D eigenvalue weighted by Crippen LogP contribution is -2.48. The molecule has 176 valence electrons. The number of anilines is 1. The van der Waals surface area contributed by atoms with Gasteiger partial charge in [0.1, 0.15) is 6.04 Å². The third-order valence-corrected chi connectivity index (χ3v) is 7.10. The number of hydrogen-bond donors (Lipinski definition) is 1. The van der Waals surface area contributed by atoms with Crippen LogP contribution < -0.4 is 10.2 Å². The largest absolute Gasteiger partial charge is 0.325 e. The van der Waals surface area contributed by atoms with E-state index in [1.807, 2.05) is 48.3 Å². The van der Waals surface area contributed by atoms with E-state index in [0.717, 1.165) is 61.0 Å². The summed E-state index contributed by atoms with van der Waals surface area (Å²) in [5.41, 5.74) is 3.89. The first-order valence-electron chi connectivity index (χ1n) is 12.5. The minimum atomic E-state index is -0.612. The highest BCUT2D eigenvalue weighted by molar-refractivity contribution is 6.06. The van der Waals surface area contributed by atoms with Crippen LogP contribution in [-0.4, -0.2) is 43.4 Å². The number of benzene rings is 2. The normalized spacial score (nSPS) is 18.2. The van der Waals surface area contributed by atoms with Gasteiger partial charge in [0.2, 0.25) is 5.91 Å². The van der Waals surface area contributed by atoms with Crippen LogP contribution in [0.25, 0.3) is 11.1 Å². The molecule has 1 unspecified atom stereocenters. The zero-order valence-electron chi connectivity index (χ0n) is 20.2. The summed E-state index contributed by atoms with van der Waals surface area (Å²) in [7, 11) is 1.83. The monoisotopic (exact) mass is 447 g/mol. The number of carbonyl (C=O) groups is 2. The summed E-state index contributed by atoms with van der Waals surface area (Å²) in [6, 6.07) is 15.5. The van der Waals surface area contributed by atoms with Crippen molar-refractivity contribution < 1.29 is 9.59 Å². The minimum Gasteiger partial charge on any atom is -0.325 e. The minimum absolute atomic E-state index is 0.0246. The summed E-state index contributed by atoms with van der Waals surface area (Å²) in [4.78, 5) is 31.3. The van der Waals surface area contributed by atoms with E-state index in [0.29, 0.717) is 19.0 Å². The molecule has 5 heteroatoms. The summed E-state index contributed by atoms with van der Waals surface area (Å²) in [6.45, 7) is 6.57. The van der Waals surface area contributed by atoms with Crippen molar-refractivity contribution in [2.24, 2.45) is 11.8 Å². The van der Waals surface area contributed by atoms with Crippen LogP contribution in [-0.2, 0) is 9.59 Å². The smallest absolute Gasteiger partial charge is 0.254 e. The second-order valence-corrected chi connectivity index (χ2v) is 9.85. The molecule has 1 fully saturated rings. The Balaban J connectivity index is 1.70. The van der Waals surface area contributed by atoms with Crippen LogP contribution in [0.15, 0.2) is 48.5 Å². The van der Waals surface area contributed by atoms with Crippen LogP contribution in [0.3, 0.4) is 0 Å². The number of nitrogens with zero attached hydrogens (tertiary/aromatic N) is 2. The van der Waals surface area contributed by atoms with Crippen LogP contribution >= 0.6 is 0 Å². The molecule has 4 rings (SSSR count). The molecule has 2 aromatic rings. The number of carbonyl (C=O) groups excluding carboxylic acids is 2. The molecule has 0 spiro atoms. The molecule has 0 bridgehead atoms. The van der Waals surface area contributed by atoms with Crippen LogP contribution in [0.4, 0.5) is 5.69 Å². The molecule has 2 aliphatic rings. The highest BCUT2D eigenvalue weighted by atomic mass is 16.2. The Morgan fingerprint density at radius 1 is 1.03 bits per heavy atom. The maximum atomic E-state index is 13.9. The second-order valence-electron chi connectivity index (χ2n) is 9.85. The van der Waals surface area contributed by atoms with E-state index in [9.17, 15) is 9.59 Å². The molecule has 2 amide bonds. The zero-order valence-corrected chi connectivity index (χ0v) is 20.2. The van der Waals surface area contributed by atoms with Gasteiger partial charge in [-0.3, -0.25) is 9.59 Å². The number of likely N-dealkylation sites (N-methyl/N-ethyl adjacent to an activating group) is 1. The van der Waals surface area contributed by atoms with Crippen molar-refractivity contribution in [2.75, 3.05) is 31.6 Å². The fourth-order valence-electron chi connectivity index (χ4n) is 5.20. The van der Waals surface area contributed by atoms with Gasteiger partial charge in [0.05, 0.1) is 5.69 Å². The van der Waals surface area contributed by atoms with Gasteiger partial charge in [-0.05, 0) is 48.9 Å². The van der Waals surface area contributed by atoms with Crippen molar-refractivity contribution in [1.82, 2.24) is 10.2 Å². The third-order valence-electron chi connectivity index (χ3n) is 7.10. The fraction of sp³-hybridized carbons (Fsp3) is 0.500. The summed E-state index contributed by atoms with van der Waals surface area (Å²) in [6.07, 6.45) is 5.14. The topological polar surface area (TPSA) is 52.7 Å². The summed E-state index contributed by atoms with van der Waals surface area (Å²) < 4.78 is 0. The van der Waals surface area contributed by atoms with E-state index in [1.54, 1.807) is 4.90 Å². The number of rotatable bonds is 8. The molecule has 1 N–H and O–H groups in total. The first kappa shape index (κ1) is 23.5. The molecule has 1 heterocycles. The predicted molar refractivity (Wildman–Crippen MR) is 134 cm³/mol. The molecule has 0 radical (unpaired) electrons. The maximum absolute atomic E-state index is 13.9. The average Bonchev–Trinajstić information content (AvgIpc) is 3.34. The van der Waals surface area contributed by atoms with Gasteiger partial charge in [-0.15, -0.1) is 0 Å². The van der Waals surface area contributed by atoms with Gasteiger partial charge in [-0.2, -0.15) is 0 Å². The van der Waals surface area contributed by atoms with Gasteiger partial charge in [-0.1, -0.05) is 69.2 Å². The van der Waals surface area contributed by atoms with Gasteiger partial charge < -0.3 is 15.1 Å². The number of amides is 2. The van der Waals surface area contributed by atoms with E-state index >= 15 is 0 Å². The van der Waals surface area contributed by atoms with Gasteiger partial charge in [0.15, 0.2) is 0 Å². The van der Waals surface area contributed by atoms with E-state index in [1.165, 1.54) is 0 Å². The molecular formula is C28H37N3O2. The van der Waals surface area contributed by atoms with E-state index in [-0.39, 0.29) is 17.7 Å². The second kappa shape index (κ2) is 10.5. The summed E-state index contributed by atoms with van der Waals surface area (Å²) in [5, 5.41) is 3.50. The van der Waals surface area contributed by atoms with Gasteiger partial charge in [0.25, 0.3) is 5.91 Å². The van der Waals surface area contributed by atoms with Crippen LogP contribution in [0, 0.1) is 11.8 Å². The SMILES string of the molecule is CC(C)CCNCCN(C(=O)C1CCCC1)C1C(=O)N(C)c2ccccc2-c2ccccc21. The molecule has 1 aliphatic heterocycles. The van der Waals surface area contributed by atoms with Crippen LogP contribution in [0.2, 0.25) is 0 Å². The van der Waals surface area contributed by atoms with E-state index < -0.39 is 6.04 Å². The van der Waals surface area contributed by atoms with E-state index in [2.05, 4.69) is 31.3 Å². The maximum Gasteiger partial charge on any atom is 0.254 e. The quantitative estimate of drug-likeness (QED) is 0.578. The summed E-state index contributed by atoms with van der Waals surface area (Å²) in [5.74, 6) is 0.749. The third kappa shape index (κ3) is 4.98. The molecule has 2 aromatic carbocycles. The first-order chi connectivity index (χ1) is 16.0. The number of fused-ring (bicyclic) bond motifs is 3. The van der Waals surface area contributed by atoms with Crippen molar-refractivity contribution in [3.05, 3.63) is 54.1 Å². The van der Waals surface area contributed by atoms with E-state index in [4.69, 9.17) is 0 Å².